The minimum atomic E-state index is -0.355. The van der Waals surface area contributed by atoms with Gasteiger partial charge in [-0.15, -0.1) is 0 Å². The number of aliphatic hydroxyl groups excluding tert-OH is 1. The molecular weight excluding hydrogens is 408 g/mol. The van der Waals surface area contributed by atoms with Crippen LogP contribution in [0.5, 0.6) is 5.88 Å². The molecule has 8 heteroatoms. The zero-order valence-corrected chi connectivity index (χ0v) is 18.8. The molecule has 170 valence electrons. The van der Waals surface area contributed by atoms with E-state index in [-0.39, 0.29) is 48.3 Å². The molecule has 0 radical (unpaired) electrons. The SMILES string of the molecule is C[C@@H]1CN([C@H](C)CO)C(=O)c2cc(-c3ccncc3)cnc2O[C@@H]1CN(C)C(=O)C1CC1. The number of hydrogen-bond donors (Lipinski definition) is 1. The highest BCUT2D eigenvalue weighted by Gasteiger charge is 2.37. The van der Waals surface area contributed by atoms with E-state index in [9.17, 15) is 14.7 Å². The summed E-state index contributed by atoms with van der Waals surface area (Å²) in [7, 11) is 1.80. The molecule has 1 N–H and O–H groups in total. The lowest BCUT2D eigenvalue weighted by atomic mass is 9.99. The van der Waals surface area contributed by atoms with Gasteiger partial charge in [-0.2, -0.15) is 0 Å². The van der Waals surface area contributed by atoms with E-state index in [1.54, 1.807) is 41.5 Å². The number of rotatable bonds is 6. The van der Waals surface area contributed by atoms with Crippen molar-refractivity contribution in [2.24, 2.45) is 11.8 Å². The van der Waals surface area contributed by atoms with Crippen molar-refractivity contribution < 1.29 is 19.4 Å². The molecule has 32 heavy (non-hydrogen) atoms. The molecule has 1 aliphatic heterocycles. The third-order valence-corrected chi connectivity index (χ3v) is 6.29. The molecule has 0 unspecified atom stereocenters. The van der Waals surface area contributed by atoms with Gasteiger partial charge in [-0.25, -0.2) is 4.98 Å². The number of pyridine rings is 2. The van der Waals surface area contributed by atoms with Crippen molar-refractivity contribution >= 4 is 11.8 Å². The second-order valence-corrected chi connectivity index (χ2v) is 8.93. The van der Waals surface area contributed by atoms with Gasteiger partial charge in [0.1, 0.15) is 11.7 Å². The lowest BCUT2D eigenvalue weighted by molar-refractivity contribution is -0.132. The highest BCUT2D eigenvalue weighted by Crippen LogP contribution is 2.32. The van der Waals surface area contributed by atoms with Gasteiger partial charge < -0.3 is 19.6 Å². The molecule has 2 aromatic rings. The van der Waals surface area contributed by atoms with Crippen molar-refractivity contribution in [3.63, 3.8) is 0 Å². The van der Waals surface area contributed by atoms with E-state index in [2.05, 4.69) is 9.97 Å². The summed E-state index contributed by atoms with van der Waals surface area (Å²) in [5.74, 6) is 0.243. The fourth-order valence-corrected chi connectivity index (χ4v) is 4.02. The normalized spacial score (nSPS) is 21.8. The van der Waals surface area contributed by atoms with E-state index in [1.807, 2.05) is 26.0 Å². The molecule has 2 aromatic heterocycles. The van der Waals surface area contributed by atoms with Crippen LogP contribution in [0.15, 0.2) is 36.8 Å². The smallest absolute Gasteiger partial charge is 0.259 e. The Morgan fingerprint density at radius 3 is 2.69 bits per heavy atom. The number of nitrogens with zero attached hydrogens (tertiary/aromatic N) is 4. The first-order chi connectivity index (χ1) is 15.4. The molecule has 1 aliphatic carbocycles. The number of aliphatic hydroxyl groups is 1. The van der Waals surface area contributed by atoms with Crippen LogP contribution in [0.1, 0.15) is 37.0 Å². The third-order valence-electron chi connectivity index (χ3n) is 6.29. The lowest BCUT2D eigenvalue weighted by Crippen LogP contribution is -2.50. The summed E-state index contributed by atoms with van der Waals surface area (Å²) < 4.78 is 6.27. The summed E-state index contributed by atoms with van der Waals surface area (Å²) in [5.41, 5.74) is 2.03. The first-order valence-corrected chi connectivity index (χ1v) is 11.1. The lowest BCUT2D eigenvalue weighted by Gasteiger charge is -2.37. The summed E-state index contributed by atoms with van der Waals surface area (Å²) in [6, 6.07) is 5.14. The zero-order valence-electron chi connectivity index (χ0n) is 18.8. The van der Waals surface area contributed by atoms with E-state index in [0.717, 1.165) is 24.0 Å². The predicted molar refractivity (Wildman–Crippen MR) is 119 cm³/mol. The van der Waals surface area contributed by atoms with E-state index < -0.39 is 0 Å². The van der Waals surface area contributed by atoms with E-state index in [4.69, 9.17) is 4.74 Å². The number of aromatic nitrogens is 2. The minimum absolute atomic E-state index is 0.0581. The van der Waals surface area contributed by atoms with E-state index in [1.165, 1.54) is 0 Å². The van der Waals surface area contributed by atoms with Gasteiger partial charge in [0.15, 0.2) is 0 Å². The molecule has 3 heterocycles. The summed E-state index contributed by atoms with van der Waals surface area (Å²) in [4.78, 5) is 37.9. The molecule has 0 aromatic carbocycles. The largest absolute Gasteiger partial charge is 0.472 e. The first kappa shape index (κ1) is 22.2. The number of hydrogen-bond acceptors (Lipinski definition) is 6. The molecule has 4 rings (SSSR count). The molecule has 0 bridgehead atoms. The van der Waals surface area contributed by atoms with Crippen molar-refractivity contribution in [1.29, 1.82) is 0 Å². The van der Waals surface area contributed by atoms with Crippen LogP contribution < -0.4 is 4.74 Å². The maximum atomic E-state index is 13.5. The summed E-state index contributed by atoms with van der Waals surface area (Å²) >= 11 is 0. The van der Waals surface area contributed by atoms with Crippen LogP contribution in [0.25, 0.3) is 11.1 Å². The topological polar surface area (TPSA) is 95.9 Å². The van der Waals surface area contributed by atoms with Crippen molar-refractivity contribution in [3.05, 3.63) is 42.4 Å². The number of carbonyl (C=O) groups excluding carboxylic acids is 2. The van der Waals surface area contributed by atoms with Gasteiger partial charge in [0.25, 0.3) is 5.91 Å². The number of fused-ring (bicyclic) bond motifs is 1. The zero-order chi connectivity index (χ0) is 22.8. The van der Waals surface area contributed by atoms with Crippen LogP contribution >= 0.6 is 0 Å². The van der Waals surface area contributed by atoms with Crippen LogP contribution in [0, 0.1) is 11.8 Å². The van der Waals surface area contributed by atoms with Gasteiger partial charge >= 0.3 is 0 Å². The molecule has 2 aliphatic rings. The molecule has 1 saturated carbocycles. The van der Waals surface area contributed by atoms with Gasteiger partial charge in [0.05, 0.1) is 19.2 Å². The van der Waals surface area contributed by atoms with Gasteiger partial charge in [-0.05, 0) is 43.5 Å². The molecule has 3 atom stereocenters. The Morgan fingerprint density at radius 2 is 2.03 bits per heavy atom. The number of carbonyl (C=O) groups is 2. The van der Waals surface area contributed by atoms with Crippen molar-refractivity contribution in [2.75, 3.05) is 26.7 Å². The Labute approximate surface area is 188 Å². The fourth-order valence-electron chi connectivity index (χ4n) is 4.02. The van der Waals surface area contributed by atoms with Gasteiger partial charge in [0.2, 0.25) is 11.8 Å². The number of likely N-dealkylation sites (N-methyl/N-ethyl adjacent to an activating group) is 1. The molecular formula is C24H30N4O4. The number of ether oxygens (including phenoxy) is 1. The van der Waals surface area contributed by atoms with Gasteiger partial charge in [0, 0.05) is 49.6 Å². The second kappa shape index (κ2) is 9.24. The summed E-state index contributed by atoms with van der Waals surface area (Å²) in [6.07, 6.45) is 6.63. The van der Waals surface area contributed by atoms with Crippen LogP contribution in [0.2, 0.25) is 0 Å². The van der Waals surface area contributed by atoms with Gasteiger partial charge in [-0.3, -0.25) is 14.6 Å². The Morgan fingerprint density at radius 1 is 1.31 bits per heavy atom. The monoisotopic (exact) mass is 438 g/mol. The van der Waals surface area contributed by atoms with Crippen LogP contribution in [0.3, 0.4) is 0 Å². The van der Waals surface area contributed by atoms with E-state index >= 15 is 0 Å². The maximum Gasteiger partial charge on any atom is 0.259 e. The summed E-state index contributed by atoms with van der Waals surface area (Å²) in [5, 5.41) is 9.79. The molecule has 1 fully saturated rings. The highest BCUT2D eigenvalue weighted by molar-refractivity contribution is 5.98. The average molecular weight is 439 g/mol. The molecule has 0 spiro atoms. The van der Waals surface area contributed by atoms with Crippen molar-refractivity contribution in [3.8, 4) is 17.0 Å². The quantitative estimate of drug-likeness (QED) is 0.743. The van der Waals surface area contributed by atoms with E-state index in [0.29, 0.717) is 18.7 Å². The maximum absolute atomic E-state index is 13.5. The van der Waals surface area contributed by atoms with Crippen LogP contribution in [-0.2, 0) is 4.79 Å². The molecule has 8 nitrogen and oxygen atoms in total. The average Bonchev–Trinajstić information content (AvgIpc) is 3.66. The van der Waals surface area contributed by atoms with Crippen molar-refractivity contribution in [2.45, 2.75) is 38.8 Å². The first-order valence-electron chi connectivity index (χ1n) is 11.1. The highest BCUT2D eigenvalue weighted by atomic mass is 16.5. The van der Waals surface area contributed by atoms with Crippen LogP contribution in [0.4, 0.5) is 0 Å². The Hall–Kier alpha value is -3.00. The fraction of sp³-hybridized carbons (Fsp3) is 0.500. The minimum Gasteiger partial charge on any atom is -0.472 e. The molecule has 0 saturated heterocycles. The summed E-state index contributed by atoms with van der Waals surface area (Å²) in [6.45, 7) is 4.51. The van der Waals surface area contributed by atoms with Gasteiger partial charge in [-0.1, -0.05) is 6.92 Å². The van der Waals surface area contributed by atoms with Crippen LogP contribution in [-0.4, -0.2) is 75.6 Å². The van der Waals surface area contributed by atoms with Crippen molar-refractivity contribution in [1.82, 2.24) is 19.8 Å². The Kier molecular flexibility index (Phi) is 6.41. The molecule has 2 amide bonds. The second-order valence-electron chi connectivity index (χ2n) is 8.93. The number of amides is 2. The third kappa shape index (κ3) is 4.60. The predicted octanol–water partition coefficient (Wildman–Crippen LogP) is 2.23. The Bertz CT molecular complexity index is 979. The standard InChI is InChI=1S/C24H30N4O4/c1-15-12-28(16(2)14-29)24(31)20-10-19(17-6-8-25-9-7-17)11-26-22(20)32-21(15)13-27(3)23(30)18-4-5-18/h6-11,15-16,18,21,29H,4-5,12-14H2,1-3H3/t15-,16-,21-/m1/s1. The Balaban J connectivity index is 1.69.